The van der Waals surface area contributed by atoms with Crippen molar-refractivity contribution in [1.82, 2.24) is 15.6 Å². The lowest BCUT2D eigenvalue weighted by atomic mass is 10.0. The molecule has 1 atom stereocenters. The molecule has 2 amide bonds. The van der Waals surface area contributed by atoms with Crippen molar-refractivity contribution in [2.24, 2.45) is 11.6 Å². The molecule has 33 heavy (non-hydrogen) atoms. The van der Waals surface area contributed by atoms with E-state index in [0.29, 0.717) is 5.56 Å². The SMILES string of the molecule is CCc1ccc(C(C#N)NC(=O)/C(N)=C/N(N)CCNC(=O)c2ccc(F)cc2OC)cc1. The van der Waals surface area contributed by atoms with Gasteiger partial charge in [-0.2, -0.15) is 5.26 Å². The summed E-state index contributed by atoms with van der Waals surface area (Å²) in [6.07, 6.45) is 2.07. The van der Waals surface area contributed by atoms with Crippen LogP contribution in [-0.4, -0.2) is 37.0 Å². The standard InChI is InChI=1S/C23H27FN6O3/c1-3-15-4-6-16(7-5-15)20(13-25)29-23(32)19(26)14-30(27)11-10-28-22(31)18-9-8-17(24)12-21(18)33-2/h4-9,12,14,20H,3,10-11,26-27H2,1-2H3,(H,28,31)(H,29,32)/b19-14-. The average molecular weight is 455 g/mol. The van der Waals surface area contributed by atoms with E-state index in [1.165, 1.54) is 19.4 Å². The zero-order valence-corrected chi connectivity index (χ0v) is 18.5. The van der Waals surface area contributed by atoms with Gasteiger partial charge in [0, 0.05) is 18.8 Å². The van der Waals surface area contributed by atoms with Crippen molar-refractivity contribution in [1.29, 1.82) is 5.26 Å². The predicted molar refractivity (Wildman–Crippen MR) is 121 cm³/mol. The number of carbonyl (C=O) groups is 2. The summed E-state index contributed by atoms with van der Waals surface area (Å²) < 4.78 is 18.3. The molecule has 10 heteroatoms. The fraction of sp³-hybridized carbons (Fsp3) is 0.261. The zero-order chi connectivity index (χ0) is 24.4. The maximum Gasteiger partial charge on any atom is 0.270 e. The summed E-state index contributed by atoms with van der Waals surface area (Å²) in [5, 5.41) is 15.7. The first-order valence-corrected chi connectivity index (χ1v) is 10.2. The highest BCUT2D eigenvalue weighted by Gasteiger charge is 2.16. The van der Waals surface area contributed by atoms with E-state index in [1.807, 2.05) is 25.1 Å². The van der Waals surface area contributed by atoms with Gasteiger partial charge in [-0.1, -0.05) is 31.2 Å². The molecule has 1 unspecified atom stereocenters. The Morgan fingerprint density at radius 3 is 2.58 bits per heavy atom. The maximum absolute atomic E-state index is 13.3. The third-order valence-electron chi connectivity index (χ3n) is 4.76. The van der Waals surface area contributed by atoms with E-state index in [2.05, 4.69) is 10.6 Å². The first kappa shape index (κ1) is 25.2. The quantitative estimate of drug-likeness (QED) is 0.242. The number of aryl methyl sites for hydroxylation is 1. The summed E-state index contributed by atoms with van der Waals surface area (Å²) in [6, 6.07) is 12.1. The third kappa shape index (κ3) is 7.22. The van der Waals surface area contributed by atoms with Gasteiger partial charge in [0.05, 0.1) is 25.3 Å². The molecule has 0 aromatic heterocycles. The van der Waals surface area contributed by atoms with Crippen LogP contribution >= 0.6 is 0 Å². The van der Waals surface area contributed by atoms with Gasteiger partial charge in [-0.3, -0.25) is 9.59 Å². The molecule has 2 aromatic rings. The summed E-state index contributed by atoms with van der Waals surface area (Å²) in [4.78, 5) is 24.6. The van der Waals surface area contributed by atoms with Crippen LogP contribution in [0.3, 0.4) is 0 Å². The summed E-state index contributed by atoms with van der Waals surface area (Å²) in [5.74, 6) is 4.28. The first-order chi connectivity index (χ1) is 15.8. The van der Waals surface area contributed by atoms with Crippen molar-refractivity contribution in [3.8, 4) is 11.8 Å². The van der Waals surface area contributed by atoms with E-state index in [-0.39, 0.29) is 30.1 Å². The second kappa shape index (κ2) is 12.1. The number of methoxy groups -OCH3 is 1. The van der Waals surface area contributed by atoms with Crippen LogP contribution in [0, 0.1) is 17.1 Å². The van der Waals surface area contributed by atoms with Gasteiger partial charge >= 0.3 is 0 Å². The van der Waals surface area contributed by atoms with Crippen molar-refractivity contribution < 1.29 is 18.7 Å². The van der Waals surface area contributed by atoms with Crippen molar-refractivity contribution in [2.45, 2.75) is 19.4 Å². The summed E-state index contributed by atoms with van der Waals surface area (Å²) >= 11 is 0. The largest absolute Gasteiger partial charge is 0.496 e. The summed E-state index contributed by atoms with van der Waals surface area (Å²) in [7, 11) is 1.34. The van der Waals surface area contributed by atoms with E-state index in [1.54, 1.807) is 12.1 Å². The van der Waals surface area contributed by atoms with E-state index in [4.69, 9.17) is 16.3 Å². The molecule has 2 rings (SSSR count). The normalized spacial score (nSPS) is 11.8. The van der Waals surface area contributed by atoms with E-state index in [9.17, 15) is 19.2 Å². The second-order valence-electron chi connectivity index (χ2n) is 7.05. The molecular weight excluding hydrogens is 427 g/mol. The number of hydrogen-bond acceptors (Lipinski definition) is 7. The van der Waals surface area contributed by atoms with Crippen molar-refractivity contribution >= 4 is 11.8 Å². The molecular formula is C23H27FN6O3. The Balaban J connectivity index is 1.89. The number of hydrogen-bond donors (Lipinski definition) is 4. The van der Waals surface area contributed by atoms with E-state index < -0.39 is 23.7 Å². The Morgan fingerprint density at radius 1 is 1.27 bits per heavy atom. The van der Waals surface area contributed by atoms with E-state index in [0.717, 1.165) is 29.1 Å². The molecule has 0 bridgehead atoms. The lowest BCUT2D eigenvalue weighted by molar-refractivity contribution is -0.118. The molecule has 0 aliphatic heterocycles. The number of carbonyl (C=O) groups excluding carboxylic acids is 2. The van der Waals surface area contributed by atoms with Crippen molar-refractivity contribution in [3.63, 3.8) is 0 Å². The van der Waals surface area contributed by atoms with Gasteiger partial charge in [0.25, 0.3) is 11.8 Å². The minimum Gasteiger partial charge on any atom is -0.496 e. The minimum absolute atomic E-state index is 0.106. The second-order valence-corrected chi connectivity index (χ2v) is 7.05. The summed E-state index contributed by atoms with van der Waals surface area (Å²) in [5.41, 5.74) is 7.53. The lowest BCUT2D eigenvalue weighted by Crippen LogP contribution is -2.38. The molecule has 6 N–H and O–H groups in total. The molecule has 0 saturated carbocycles. The average Bonchev–Trinajstić information content (AvgIpc) is 2.82. The number of amides is 2. The highest BCUT2D eigenvalue weighted by molar-refractivity contribution is 5.97. The highest BCUT2D eigenvalue weighted by Crippen LogP contribution is 2.19. The molecule has 174 valence electrons. The fourth-order valence-electron chi connectivity index (χ4n) is 2.90. The van der Waals surface area contributed by atoms with Gasteiger partial charge in [-0.05, 0) is 29.7 Å². The van der Waals surface area contributed by atoms with Gasteiger partial charge in [0.2, 0.25) is 0 Å². The van der Waals surface area contributed by atoms with Crippen LogP contribution in [0.2, 0.25) is 0 Å². The molecule has 0 aliphatic rings. The first-order valence-electron chi connectivity index (χ1n) is 10.2. The maximum atomic E-state index is 13.3. The number of ether oxygens (including phenoxy) is 1. The Kier molecular flexibility index (Phi) is 9.20. The Hall–Kier alpha value is -4.10. The molecule has 0 heterocycles. The number of nitrogens with one attached hydrogen (secondary N) is 2. The topological polar surface area (TPSA) is 146 Å². The van der Waals surface area contributed by atoms with Crippen LogP contribution in [0.5, 0.6) is 5.75 Å². The van der Waals surface area contributed by atoms with Crippen molar-refractivity contribution in [3.05, 3.63) is 76.9 Å². The van der Waals surface area contributed by atoms with Gasteiger partial charge in [-0.25, -0.2) is 10.2 Å². The number of nitrogens with two attached hydrogens (primary N) is 2. The van der Waals surface area contributed by atoms with Gasteiger partial charge in [-0.15, -0.1) is 0 Å². The predicted octanol–water partition coefficient (Wildman–Crippen LogP) is 1.48. The third-order valence-corrected chi connectivity index (χ3v) is 4.76. The molecule has 0 fully saturated rings. The van der Waals surface area contributed by atoms with Crippen LogP contribution in [0.1, 0.15) is 34.5 Å². The highest BCUT2D eigenvalue weighted by atomic mass is 19.1. The zero-order valence-electron chi connectivity index (χ0n) is 18.5. The fourth-order valence-corrected chi connectivity index (χ4v) is 2.90. The summed E-state index contributed by atoms with van der Waals surface area (Å²) in [6.45, 7) is 2.27. The van der Waals surface area contributed by atoms with Crippen molar-refractivity contribution in [2.75, 3.05) is 20.2 Å². The Labute approximate surface area is 191 Å². The van der Waals surface area contributed by atoms with E-state index >= 15 is 0 Å². The monoisotopic (exact) mass is 454 g/mol. The van der Waals surface area contributed by atoms with Gasteiger partial charge < -0.3 is 26.1 Å². The number of nitrogens with zero attached hydrogens (tertiary/aromatic N) is 2. The van der Waals surface area contributed by atoms with Crippen LogP contribution < -0.4 is 26.9 Å². The number of rotatable bonds is 10. The van der Waals surface area contributed by atoms with Crippen LogP contribution in [0.4, 0.5) is 4.39 Å². The van der Waals surface area contributed by atoms with Crippen LogP contribution in [0.25, 0.3) is 0 Å². The van der Waals surface area contributed by atoms with Gasteiger partial charge in [0.1, 0.15) is 23.3 Å². The molecule has 2 aromatic carbocycles. The minimum atomic E-state index is -0.869. The van der Waals surface area contributed by atoms with Crippen LogP contribution in [-0.2, 0) is 11.2 Å². The lowest BCUT2D eigenvalue weighted by Gasteiger charge is -2.17. The Bertz CT molecular complexity index is 1050. The molecule has 9 nitrogen and oxygen atoms in total. The van der Waals surface area contributed by atoms with Gasteiger partial charge in [0.15, 0.2) is 0 Å². The van der Waals surface area contributed by atoms with Crippen LogP contribution in [0.15, 0.2) is 54.4 Å². The molecule has 0 saturated heterocycles. The molecule has 0 aliphatic carbocycles. The Morgan fingerprint density at radius 2 is 1.97 bits per heavy atom. The number of nitriles is 1. The number of benzene rings is 2. The smallest absolute Gasteiger partial charge is 0.270 e. The molecule has 0 spiro atoms. The number of hydrazine groups is 1. The molecule has 0 radical (unpaired) electrons. The number of halogens is 1.